The van der Waals surface area contributed by atoms with Crippen LogP contribution in [-0.2, 0) is 9.53 Å². The second-order valence-corrected chi connectivity index (χ2v) is 10.2. The van der Waals surface area contributed by atoms with Crippen molar-refractivity contribution in [1.82, 2.24) is 31.0 Å². The van der Waals surface area contributed by atoms with Gasteiger partial charge >= 0.3 is 0 Å². The highest BCUT2D eigenvalue weighted by atomic mass is 32.2. The molecule has 9 nitrogen and oxygen atoms in total. The Bertz CT molecular complexity index is 1020. The van der Waals surface area contributed by atoms with Crippen molar-refractivity contribution in [2.75, 3.05) is 45.9 Å². The molecule has 2 aromatic rings. The number of benzene rings is 1. The first-order valence-electron chi connectivity index (χ1n) is 10.9. The predicted octanol–water partition coefficient (Wildman–Crippen LogP) is 1.60. The summed E-state index contributed by atoms with van der Waals surface area (Å²) in [6.45, 7) is 6.68. The van der Waals surface area contributed by atoms with Gasteiger partial charge in [-0.3, -0.25) is 25.4 Å². The van der Waals surface area contributed by atoms with E-state index in [-0.39, 0.29) is 16.7 Å². The molecule has 0 aliphatic carbocycles. The first kappa shape index (κ1) is 21.9. The molecule has 0 saturated carbocycles. The minimum absolute atomic E-state index is 0.0844. The number of morpholine rings is 1. The highest BCUT2D eigenvalue weighted by Gasteiger charge is 2.28. The Labute approximate surface area is 195 Å². The van der Waals surface area contributed by atoms with Crippen LogP contribution in [0.5, 0.6) is 0 Å². The van der Waals surface area contributed by atoms with Gasteiger partial charge in [0, 0.05) is 30.3 Å². The molecule has 2 unspecified atom stereocenters. The molecular weight excluding hydrogens is 446 g/mol. The Morgan fingerprint density at radius 2 is 2.25 bits per heavy atom. The lowest BCUT2D eigenvalue weighted by molar-refractivity contribution is -0.115. The zero-order valence-electron chi connectivity index (χ0n) is 17.7. The largest absolute Gasteiger partial charge is 0.379 e. The molecule has 1 amide bonds. The van der Waals surface area contributed by atoms with E-state index in [0.717, 1.165) is 68.9 Å². The second kappa shape index (κ2) is 10.4. The Morgan fingerprint density at radius 3 is 3.16 bits per heavy atom. The molecule has 32 heavy (non-hydrogen) atoms. The standard InChI is InChI=1S/C21H27N7O2S2/c29-19-18(32-21(26-19)25-15-3-2-14-12-24-27-17(14)10-15)11-16-13-23-20(31-16)22-4-1-5-28-6-8-30-9-7-28/h2-3,10-12,16,20,22-23H,1,4-9,13H2,(H,24,27)(H,25,26,29)/b18-11-. The maximum absolute atomic E-state index is 12.4. The molecule has 11 heteroatoms. The fourth-order valence-electron chi connectivity index (χ4n) is 3.85. The number of carbonyl (C=O) groups is 1. The molecule has 0 radical (unpaired) electrons. The van der Waals surface area contributed by atoms with Gasteiger partial charge in [0.1, 0.15) is 5.50 Å². The molecule has 0 bridgehead atoms. The maximum atomic E-state index is 12.4. The number of amidine groups is 1. The first-order chi connectivity index (χ1) is 15.7. The van der Waals surface area contributed by atoms with E-state index in [4.69, 9.17) is 4.74 Å². The predicted molar refractivity (Wildman–Crippen MR) is 130 cm³/mol. The lowest BCUT2D eigenvalue weighted by atomic mass is 10.2. The number of carbonyl (C=O) groups excluding carboxylic acids is 1. The van der Waals surface area contributed by atoms with E-state index in [1.807, 2.05) is 36.0 Å². The van der Waals surface area contributed by atoms with Crippen molar-refractivity contribution in [3.63, 3.8) is 0 Å². The van der Waals surface area contributed by atoms with Crippen LogP contribution in [0.2, 0.25) is 0 Å². The summed E-state index contributed by atoms with van der Waals surface area (Å²) in [5, 5.41) is 18.8. The summed E-state index contributed by atoms with van der Waals surface area (Å²) < 4.78 is 5.39. The molecule has 3 saturated heterocycles. The molecule has 3 aliphatic rings. The molecule has 170 valence electrons. The average Bonchev–Trinajstić information content (AvgIpc) is 3.53. The van der Waals surface area contributed by atoms with Gasteiger partial charge in [-0.25, -0.2) is 4.99 Å². The Balaban J connectivity index is 1.10. The van der Waals surface area contributed by atoms with Crippen LogP contribution in [0.4, 0.5) is 5.69 Å². The van der Waals surface area contributed by atoms with Crippen LogP contribution >= 0.6 is 23.5 Å². The molecule has 3 aliphatic heterocycles. The number of rotatable bonds is 7. The van der Waals surface area contributed by atoms with E-state index in [0.29, 0.717) is 10.1 Å². The van der Waals surface area contributed by atoms with Gasteiger partial charge < -0.3 is 10.1 Å². The van der Waals surface area contributed by atoms with E-state index in [9.17, 15) is 4.79 Å². The minimum Gasteiger partial charge on any atom is -0.379 e. The van der Waals surface area contributed by atoms with Gasteiger partial charge in [0.2, 0.25) is 0 Å². The van der Waals surface area contributed by atoms with Gasteiger partial charge in [-0.1, -0.05) is 6.08 Å². The number of nitrogens with zero attached hydrogens (tertiary/aromatic N) is 3. The number of aromatic nitrogens is 2. The Morgan fingerprint density at radius 1 is 1.34 bits per heavy atom. The molecule has 4 heterocycles. The van der Waals surface area contributed by atoms with Gasteiger partial charge in [-0.15, -0.1) is 11.8 Å². The lowest BCUT2D eigenvalue weighted by Gasteiger charge is -2.26. The first-order valence-corrected chi connectivity index (χ1v) is 12.6. The molecule has 2 atom stereocenters. The second-order valence-electron chi connectivity index (χ2n) is 7.87. The number of fused-ring (bicyclic) bond motifs is 1. The maximum Gasteiger partial charge on any atom is 0.263 e. The number of H-pyrrole nitrogens is 1. The zero-order chi connectivity index (χ0) is 21.8. The van der Waals surface area contributed by atoms with Crippen molar-refractivity contribution in [1.29, 1.82) is 0 Å². The molecule has 5 rings (SSSR count). The van der Waals surface area contributed by atoms with Crippen molar-refractivity contribution in [2.45, 2.75) is 17.2 Å². The van der Waals surface area contributed by atoms with Crippen molar-refractivity contribution in [2.24, 2.45) is 4.99 Å². The van der Waals surface area contributed by atoms with Crippen LogP contribution < -0.4 is 16.0 Å². The number of nitrogens with one attached hydrogen (secondary N) is 4. The monoisotopic (exact) mass is 473 g/mol. The Hall–Kier alpha value is -1.89. The number of amides is 1. The molecular formula is C21H27N7O2S2. The number of aliphatic imine (C=N–C) groups is 1. The van der Waals surface area contributed by atoms with Crippen LogP contribution in [0.3, 0.4) is 0 Å². The quantitative estimate of drug-likeness (QED) is 0.355. The molecule has 1 aromatic carbocycles. The number of hydrogen-bond donors (Lipinski definition) is 4. The third-order valence-electron chi connectivity index (χ3n) is 5.54. The third kappa shape index (κ3) is 5.53. The smallest absolute Gasteiger partial charge is 0.263 e. The van der Waals surface area contributed by atoms with Gasteiger partial charge in [0.25, 0.3) is 5.91 Å². The van der Waals surface area contributed by atoms with E-state index in [1.54, 1.807) is 6.20 Å². The summed E-state index contributed by atoms with van der Waals surface area (Å²) in [5.41, 5.74) is 1.92. The van der Waals surface area contributed by atoms with E-state index in [1.165, 1.54) is 11.8 Å². The van der Waals surface area contributed by atoms with Gasteiger partial charge in [0.15, 0.2) is 5.17 Å². The van der Waals surface area contributed by atoms with Crippen LogP contribution in [-0.4, -0.2) is 82.9 Å². The number of thioether (sulfide) groups is 2. The summed E-state index contributed by atoms with van der Waals surface area (Å²) in [5.74, 6) is -0.0844. The summed E-state index contributed by atoms with van der Waals surface area (Å²) in [6, 6.07) is 5.81. The summed E-state index contributed by atoms with van der Waals surface area (Å²) in [4.78, 5) is 20.2. The van der Waals surface area contributed by atoms with Crippen molar-refractivity contribution < 1.29 is 9.53 Å². The third-order valence-corrected chi connectivity index (χ3v) is 7.73. The van der Waals surface area contributed by atoms with E-state index >= 15 is 0 Å². The van der Waals surface area contributed by atoms with Crippen molar-refractivity contribution >= 4 is 51.2 Å². The summed E-state index contributed by atoms with van der Waals surface area (Å²) in [6.07, 6.45) is 4.94. The highest BCUT2D eigenvalue weighted by molar-refractivity contribution is 8.18. The topological polar surface area (TPSA) is 107 Å². The molecule has 4 N–H and O–H groups in total. The molecule has 1 aromatic heterocycles. The SMILES string of the molecule is O=C1NC(=Nc2ccc3cn[nH]c3c2)S/C1=C\C1CNC(NCCCN2CCOCC2)S1. The summed E-state index contributed by atoms with van der Waals surface area (Å²) >= 11 is 3.21. The van der Waals surface area contributed by atoms with Crippen LogP contribution in [0.15, 0.2) is 40.4 Å². The zero-order valence-corrected chi connectivity index (χ0v) is 19.3. The number of ether oxygens (including phenoxy) is 1. The van der Waals surface area contributed by atoms with E-state index in [2.05, 4.69) is 36.0 Å². The fourth-order valence-corrected chi connectivity index (χ4v) is 5.98. The number of hydrogen-bond acceptors (Lipinski definition) is 9. The van der Waals surface area contributed by atoms with Crippen LogP contribution in [0, 0.1) is 0 Å². The summed E-state index contributed by atoms with van der Waals surface area (Å²) in [7, 11) is 0. The van der Waals surface area contributed by atoms with Crippen LogP contribution in [0.25, 0.3) is 10.9 Å². The van der Waals surface area contributed by atoms with Gasteiger partial charge in [-0.2, -0.15) is 5.10 Å². The lowest BCUT2D eigenvalue weighted by Crippen LogP contribution is -2.40. The normalized spacial score (nSPS) is 27.1. The van der Waals surface area contributed by atoms with Crippen LogP contribution in [0.1, 0.15) is 6.42 Å². The van der Waals surface area contributed by atoms with Gasteiger partial charge in [-0.05, 0) is 49.5 Å². The fraction of sp³-hybridized carbons (Fsp3) is 0.476. The average molecular weight is 474 g/mol. The molecule has 3 fully saturated rings. The van der Waals surface area contributed by atoms with E-state index < -0.39 is 0 Å². The molecule has 0 spiro atoms. The minimum atomic E-state index is -0.0844. The van der Waals surface area contributed by atoms with Crippen molar-refractivity contribution in [3.8, 4) is 0 Å². The van der Waals surface area contributed by atoms with Crippen molar-refractivity contribution in [3.05, 3.63) is 35.4 Å². The Kier molecular flexibility index (Phi) is 7.10. The van der Waals surface area contributed by atoms with Gasteiger partial charge in [0.05, 0.1) is 35.5 Å². The number of aromatic amines is 1. The highest BCUT2D eigenvalue weighted by Crippen LogP contribution is 2.31.